The zero-order valence-corrected chi connectivity index (χ0v) is 13.7. The van der Waals surface area contributed by atoms with Crippen molar-refractivity contribution in [3.63, 3.8) is 0 Å². The van der Waals surface area contributed by atoms with Gasteiger partial charge in [-0.15, -0.1) is 34.0 Å². The summed E-state index contributed by atoms with van der Waals surface area (Å²) < 4.78 is 0. The van der Waals surface area contributed by atoms with E-state index in [9.17, 15) is 0 Å². The Morgan fingerprint density at radius 1 is 0.375 bits per heavy atom. The van der Waals surface area contributed by atoms with Crippen LogP contribution in [0.1, 0.15) is 51.4 Å². The zero-order chi connectivity index (χ0) is 9.90. The second kappa shape index (κ2) is 15.9. The molecule has 2 N–H and O–H groups in total. The van der Waals surface area contributed by atoms with Gasteiger partial charge in [0.15, 0.2) is 0 Å². The van der Waals surface area contributed by atoms with Gasteiger partial charge in [0, 0.05) is 0 Å². The lowest BCUT2D eigenvalue weighted by Gasteiger charge is -2.08. The largest absolute Gasteiger partial charge is 0.317 e. The van der Waals surface area contributed by atoms with Crippen molar-refractivity contribution in [1.82, 2.24) is 10.6 Å². The van der Waals surface area contributed by atoms with E-state index < -0.39 is 0 Å². The van der Waals surface area contributed by atoms with Gasteiger partial charge in [0.2, 0.25) is 0 Å². The van der Waals surface area contributed by atoms with Gasteiger partial charge in [-0.25, -0.2) is 0 Å². The summed E-state index contributed by atoms with van der Waals surface area (Å²) in [5, 5.41) is 7.05. The molecule has 1 fully saturated rings. The lowest BCUT2D eigenvalue weighted by atomic mass is 10.1. The third-order valence-corrected chi connectivity index (χ3v) is 2.91. The van der Waals surface area contributed by atoms with Crippen LogP contribution in [-0.2, 0) is 0 Å². The number of halogens is 2. The Hall–Kier alpha value is 0.880. The Balaban J connectivity index is 0. The van der Waals surface area contributed by atoms with Crippen molar-refractivity contribution in [2.75, 3.05) is 26.2 Å². The molecule has 0 bridgehead atoms. The van der Waals surface area contributed by atoms with Crippen molar-refractivity contribution in [2.24, 2.45) is 0 Å². The van der Waals surface area contributed by atoms with Crippen LogP contribution in [-0.4, -0.2) is 26.2 Å². The fourth-order valence-corrected chi connectivity index (χ4v) is 1.96. The van der Waals surface area contributed by atoms with Gasteiger partial charge in [0.05, 0.1) is 0 Å². The summed E-state index contributed by atoms with van der Waals surface area (Å²) in [4.78, 5) is 0. The van der Waals surface area contributed by atoms with Crippen molar-refractivity contribution >= 4 is 34.0 Å². The van der Waals surface area contributed by atoms with E-state index in [1.807, 2.05) is 0 Å². The van der Waals surface area contributed by atoms with E-state index in [0.29, 0.717) is 0 Å². The van der Waals surface area contributed by atoms with E-state index in [2.05, 4.69) is 10.6 Å². The highest BCUT2D eigenvalue weighted by Crippen LogP contribution is 2.01. The van der Waals surface area contributed by atoms with Gasteiger partial charge in [0.25, 0.3) is 0 Å². The molecular formula is C12H28Br2N2. The minimum atomic E-state index is 0. The van der Waals surface area contributed by atoms with E-state index in [0.717, 1.165) is 0 Å². The molecule has 0 aromatic heterocycles. The van der Waals surface area contributed by atoms with Crippen LogP contribution in [0.4, 0.5) is 0 Å². The first-order valence-electron chi connectivity index (χ1n) is 6.41. The Morgan fingerprint density at radius 2 is 0.625 bits per heavy atom. The lowest BCUT2D eigenvalue weighted by Crippen LogP contribution is -2.19. The fraction of sp³-hybridized carbons (Fsp3) is 1.00. The smallest absolute Gasteiger partial charge is 0.00489 e. The second-order valence-corrected chi connectivity index (χ2v) is 4.33. The van der Waals surface area contributed by atoms with Crippen LogP contribution < -0.4 is 10.6 Å². The van der Waals surface area contributed by atoms with E-state index in [1.165, 1.54) is 77.5 Å². The molecule has 16 heavy (non-hydrogen) atoms. The first-order chi connectivity index (χ1) is 7.00. The third-order valence-electron chi connectivity index (χ3n) is 2.91. The van der Waals surface area contributed by atoms with Gasteiger partial charge >= 0.3 is 0 Å². The molecule has 0 aromatic rings. The number of hydrogen-bond acceptors (Lipinski definition) is 2. The van der Waals surface area contributed by atoms with Crippen molar-refractivity contribution < 1.29 is 0 Å². The Morgan fingerprint density at radius 3 is 0.875 bits per heavy atom. The van der Waals surface area contributed by atoms with Crippen molar-refractivity contribution in [2.45, 2.75) is 51.4 Å². The minimum absolute atomic E-state index is 0. The molecule has 2 nitrogen and oxygen atoms in total. The molecule has 1 saturated heterocycles. The van der Waals surface area contributed by atoms with Crippen molar-refractivity contribution in [1.29, 1.82) is 0 Å². The van der Waals surface area contributed by atoms with Crippen LogP contribution >= 0.6 is 34.0 Å². The van der Waals surface area contributed by atoms with Crippen LogP contribution in [0.15, 0.2) is 0 Å². The monoisotopic (exact) mass is 358 g/mol. The van der Waals surface area contributed by atoms with Gasteiger partial charge in [-0.05, 0) is 51.9 Å². The fourth-order valence-electron chi connectivity index (χ4n) is 1.96. The summed E-state index contributed by atoms with van der Waals surface area (Å²) in [6.07, 6.45) is 11.0. The Bertz CT molecular complexity index is 70.3. The first kappa shape index (κ1) is 19.2. The predicted octanol–water partition coefficient (Wildman–Crippen LogP) is 3.46. The van der Waals surface area contributed by atoms with Crippen LogP contribution in [0.2, 0.25) is 0 Å². The molecule has 0 spiro atoms. The lowest BCUT2D eigenvalue weighted by molar-refractivity contribution is 0.518. The van der Waals surface area contributed by atoms with E-state index >= 15 is 0 Å². The average Bonchev–Trinajstić information content (AvgIpc) is 2.22. The van der Waals surface area contributed by atoms with Crippen molar-refractivity contribution in [3.8, 4) is 0 Å². The van der Waals surface area contributed by atoms with Gasteiger partial charge in [0.1, 0.15) is 0 Å². The van der Waals surface area contributed by atoms with Gasteiger partial charge in [-0.1, -0.05) is 25.7 Å². The molecule has 1 aliphatic rings. The molecule has 0 aromatic carbocycles. The Kier molecular flexibility index (Phi) is 19.1. The normalized spacial score (nSPS) is 21.0. The van der Waals surface area contributed by atoms with Crippen LogP contribution in [0.25, 0.3) is 0 Å². The highest BCUT2D eigenvalue weighted by Gasteiger charge is 1.94. The Labute approximate surface area is 122 Å². The summed E-state index contributed by atoms with van der Waals surface area (Å²) >= 11 is 0. The molecule has 0 atom stereocenters. The third kappa shape index (κ3) is 12.9. The standard InChI is InChI=1S/C12H26N2.2BrH/c1-2-6-10-14-12-8-4-3-7-11-13-9-5-1;;/h13-14H,1-12H2;2*1H. The van der Waals surface area contributed by atoms with E-state index in [4.69, 9.17) is 0 Å². The quantitative estimate of drug-likeness (QED) is 0.692. The maximum Gasteiger partial charge on any atom is -0.00489 e. The molecule has 1 aliphatic heterocycles. The molecule has 4 heteroatoms. The highest BCUT2D eigenvalue weighted by molar-refractivity contribution is 8.93. The number of rotatable bonds is 0. The molecule has 0 aliphatic carbocycles. The molecule has 0 radical (unpaired) electrons. The minimum Gasteiger partial charge on any atom is -0.317 e. The van der Waals surface area contributed by atoms with Crippen LogP contribution in [0.5, 0.6) is 0 Å². The summed E-state index contributed by atoms with van der Waals surface area (Å²) in [5.41, 5.74) is 0. The first-order valence-corrected chi connectivity index (χ1v) is 6.41. The van der Waals surface area contributed by atoms with Gasteiger partial charge < -0.3 is 10.6 Å². The van der Waals surface area contributed by atoms with Gasteiger partial charge in [-0.3, -0.25) is 0 Å². The summed E-state index contributed by atoms with van der Waals surface area (Å²) in [7, 11) is 0. The molecule has 1 rings (SSSR count). The SMILES string of the molecule is Br.Br.C1CCCNCCCCCCNCC1. The topological polar surface area (TPSA) is 24.1 Å². The summed E-state index contributed by atoms with van der Waals surface area (Å²) in [6.45, 7) is 4.92. The molecule has 1 heterocycles. The number of hydrogen-bond donors (Lipinski definition) is 2. The molecule has 0 saturated carbocycles. The predicted molar refractivity (Wildman–Crippen MR) is 83.3 cm³/mol. The summed E-state index contributed by atoms with van der Waals surface area (Å²) in [5.74, 6) is 0. The highest BCUT2D eigenvalue weighted by atomic mass is 79.9. The number of nitrogens with one attached hydrogen (secondary N) is 2. The van der Waals surface area contributed by atoms with Crippen molar-refractivity contribution in [3.05, 3.63) is 0 Å². The maximum absolute atomic E-state index is 3.52. The van der Waals surface area contributed by atoms with Gasteiger partial charge in [-0.2, -0.15) is 0 Å². The zero-order valence-electron chi connectivity index (χ0n) is 10.3. The van der Waals surface area contributed by atoms with Crippen LogP contribution in [0, 0.1) is 0 Å². The van der Waals surface area contributed by atoms with Crippen LogP contribution in [0.3, 0.4) is 0 Å². The average molecular weight is 360 g/mol. The molecule has 0 amide bonds. The summed E-state index contributed by atoms with van der Waals surface area (Å²) in [6, 6.07) is 0. The molecule has 0 unspecified atom stereocenters. The molecular weight excluding hydrogens is 332 g/mol. The second-order valence-electron chi connectivity index (χ2n) is 4.33. The van der Waals surface area contributed by atoms with E-state index in [1.54, 1.807) is 0 Å². The molecule has 100 valence electrons. The maximum atomic E-state index is 3.52. The van der Waals surface area contributed by atoms with E-state index in [-0.39, 0.29) is 34.0 Å².